The first-order valence-corrected chi connectivity index (χ1v) is 12.0. The lowest BCUT2D eigenvalue weighted by Crippen LogP contribution is -2.44. The molecule has 34 heavy (non-hydrogen) atoms. The molecule has 0 saturated heterocycles. The maximum absolute atomic E-state index is 13.0. The number of anilines is 2. The smallest absolute Gasteiger partial charge is 0.313 e. The summed E-state index contributed by atoms with van der Waals surface area (Å²) in [6.45, 7) is 11.9. The van der Waals surface area contributed by atoms with Crippen LogP contribution in [0.5, 0.6) is 0 Å². The van der Waals surface area contributed by atoms with Crippen LogP contribution in [0.4, 0.5) is 16.3 Å². The number of rotatable bonds is 6. The van der Waals surface area contributed by atoms with Crippen LogP contribution in [0.25, 0.3) is 5.69 Å². The fourth-order valence-corrected chi connectivity index (χ4v) is 3.54. The van der Waals surface area contributed by atoms with Crippen LogP contribution in [0.1, 0.15) is 45.9 Å². The van der Waals surface area contributed by atoms with E-state index in [9.17, 15) is 9.59 Å². The van der Waals surface area contributed by atoms with Gasteiger partial charge in [-0.25, -0.2) is 9.48 Å². The molecule has 3 aromatic rings. The van der Waals surface area contributed by atoms with E-state index in [1.165, 1.54) is 4.90 Å². The Morgan fingerprint density at radius 2 is 1.65 bits per heavy atom. The summed E-state index contributed by atoms with van der Waals surface area (Å²) in [6, 6.07) is 16.6. The third-order valence-corrected chi connectivity index (χ3v) is 5.85. The highest BCUT2D eigenvalue weighted by atomic mass is 79.9. The number of hydrogen-bond donors (Lipinski definition) is 2. The van der Waals surface area contributed by atoms with Gasteiger partial charge in [0, 0.05) is 27.7 Å². The minimum Gasteiger partial charge on any atom is -0.313 e. The number of urea groups is 1. The second-order valence-electron chi connectivity index (χ2n) is 9.62. The van der Waals surface area contributed by atoms with Gasteiger partial charge in [0.15, 0.2) is 0 Å². The molecule has 0 aliphatic carbocycles. The number of carbonyl (C=O) groups is 2. The highest BCUT2D eigenvalue weighted by Gasteiger charge is 2.24. The van der Waals surface area contributed by atoms with Crippen molar-refractivity contribution in [3.63, 3.8) is 0 Å². The van der Waals surface area contributed by atoms with E-state index in [0.717, 1.165) is 21.4 Å². The summed E-state index contributed by atoms with van der Waals surface area (Å²) >= 11 is 3.38. The molecule has 0 atom stereocenters. The van der Waals surface area contributed by atoms with Gasteiger partial charge in [-0.05, 0) is 57.2 Å². The van der Waals surface area contributed by atoms with Gasteiger partial charge in [0.2, 0.25) is 5.91 Å². The van der Waals surface area contributed by atoms with E-state index in [2.05, 4.69) is 47.3 Å². The van der Waals surface area contributed by atoms with Crippen molar-refractivity contribution in [1.82, 2.24) is 14.7 Å². The maximum atomic E-state index is 13.0. The van der Waals surface area contributed by atoms with Gasteiger partial charge >= 0.3 is 6.03 Å². The predicted octanol–water partition coefficient (Wildman–Crippen LogP) is 6.12. The SMILES string of the molecule is Cc1ccc(-n2nc(C(C)(C)C)cc2NC(=O)CN(C(=O)Nc2ccc(Br)cc2)C(C)C)cc1. The van der Waals surface area contributed by atoms with Crippen molar-refractivity contribution in [3.8, 4) is 5.69 Å². The molecule has 2 N–H and O–H groups in total. The number of aromatic nitrogens is 2. The fraction of sp³-hybridized carbons (Fsp3) is 0.346. The minimum atomic E-state index is -0.338. The van der Waals surface area contributed by atoms with Gasteiger partial charge < -0.3 is 15.5 Å². The molecule has 0 saturated carbocycles. The zero-order valence-electron chi connectivity index (χ0n) is 20.5. The van der Waals surface area contributed by atoms with E-state index < -0.39 is 0 Å². The Hall–Kier alpha value is -3.13. The van der Waals surface area contributed by atoms with Crippen LogP contribution in [0.15, 0.2) is 59.1 Å². The van der Waals surface area contributed by atoms with Crippen molar-refractivity contribution in [1.29, 1.82) is 0 Å². The van der Waals surface area contributed by atoms with Gasteiger partial charge in [-0.15, -0.1) is 0 Å². The molecule has 2 aromatic carbocycles. The number of nitrogens with zero attached hydrogens (tertiary/aromatic N) is 3. The van der Waals surface area contributed by atoms with Gasteiger partial charge in [-0.3, -0.25) is 4.79 Å². The van der Waals surface area contributed by atoms with Crippen molar-refractivity contribution < 1.29 is 9.59 Å². The Kier molecular flexibility index (Phi) is 7.82. The summed E-state index contributed by atoms with van der Waals surface area (Å²) in [7, 11) is 0. The summed E-state index contributed by atoms with van der Waals surface area (Å²) in [6.07, 6.45) is 0. The summed E-state index contributed by atoms with van der Waals surface area (Å²) in [5, 5.41) is 10.6. The van der Waals surface area contributed by atoms with Crippen molar-refractivity contribution in [2.24, 2.45) is 0 Å². The summed E-state index contributed by atoms with van der Waals surface area (Å²) in [4.78, 5) is 27.4. The van der Waals surface area contributed by atoms with Gasteiger partial charge in [0.1, 0.15) is 12.4 Å². The Labute approximate surface area is 209 Å². The van der Waals surface area contributed by atoms with Crippen LogP contribution in [-0.2, 0) is 10.2 Å². The zero-order chi connectivity index (χ0) is 25.0. The Morgan fingerprint density at radius 1 is 1.03 bits per heavy atom. The number of amides is 3. The van der Waals surface area contributed by atoms with Gasteiger partial charge in [0.25, 0.3) is 0 Å². The molecule has 0 aliphatic rings. The predicted molar refractivity (Wildman–Crippen MR) is 141 cm³/mol. The zero-order valence-corrected chi connectivity index (χ0v) is 22.1. The van der Waals surface area contributed by atoms with E-state index >= 15 is 0 Å². The number of hydrogen-bond acceptors (Lipinski definition) is 3. The monoisotopic (exact) mass is 525 g/mol. The van der Waals surface area contributed by atoms with E-state index in [4.69, 9.17) is 5.10 Å². The molecule has 180 valence electrons. The highest BCUT2D eigenvalue weighted by molar-refractivity contribution is 9.10. The minimum absolute atomic E-state index is 0.0933. The van der Waals surface area contributed by atoms with Crippen molar-refractivity contribution in [3.05, 3.63) is 70.3 Å². The second-order valence-corrected chi connectivity index (χ2v) is 10.5. The maximum Gasteiger partial charge on any atom is 0.322 e. The average molecular weight is 526 g/mol. The molecule has 0 radical (unpaired) electrons. The third-order valence-electron chi connectivity index (χ3n) is 5.32. The number of nitrogens with one attached hydrogen (secondary N) is 2. The van der Waals surface area contributed by atoms with Gasteiger partial charge in [0.05, 0.1) is 11.4 Å². The van der Waals surface area contributed by atoms with Crippen molar-refractivity contribution in [2.75, 3.05) is 17.2 Å². The Bertz CT molecular complexity index is 1150. The molecule has 3 amide bonds. The normalized spacial score (nSPS) is 11.4. The molecule has 8 heteroatoms. The average Bonchev–Trinajstić information content (AvgIpc) is 3.18. The largest absolute Gasteiger partial charge is 0.322 e. The lowest BCUT2D eigenvalue weighted by molar-refractivity contribution is -0.117. The molecule has 0 unspecified atom stereocenters. The topological polar surface area (TPSA) is 79.3 Å². The number of carbonyl (C=O) groups excluding carboxylic acids is 2. The van der Waals surface area contributed by atoms with Crippen LogP contribution >= 0.6 is 15.9 Å². The van der Waals surface area contributed by atoms with E-state index in [-0.39, 0.29) is 29.9 Å². The van der Waals surface area contributed by atoms with Crippen LogP contribution in [-0.4, -0.2) is 39.2 Å². The molecule has 1 heterocycles. The molecule has 1 aromatic heterocycles. The van der Waals surface area contributed by atoms with Crippen molar-refractivity contribution in [2.45, 2.75) is 53.0 Å². The molecular weight excluding hydrogens is 494 g/mol. The van der Waals surface area contributed by atoms with E-state index in [1.54, 1.807) is 16.8 Å². The van der Waals surface area contributed by atoms with Crippen LogP contribution in [0.2, 0.25) is 0 Å². The molecule has 3 rings (SSSR count). The first-order valence-electron chi connectivity index (χ1n) is 11.2. The highest BCUT2D eigenvalue weighted by Crippen LogP contribution is 2.26. The Balaban J connectivity index is 1.80. The quantitative estimate of drug-likeness (QED) is 0.406. The first-order chi connectivity index (χ1) is 15.9. The van der Waals surface area contributed by atoms with E-state index in [1.807, 2.05) is 63.2 Å². The number of halogens is 1. The molecule has 0 aliphatic heterocycles. The molecule has 7 nitrogen and oxygen atoms in total. The number of aryl methyl sites for hydroxylation is 1. The van der Waals surface area contributed by atoms with Crippen LogP contribution < -0.4 is 10.6 Å². The van der Waals surface area contributed by atoms with Crippen LogP contribution in [0.3, 0.4) is 0 Å². The first kappa shape index (κ1) is 25.5. The summed E-state index contributed by atoms with van der Waals surface area (Å²) in [5.41, 5.74) is 3.32. The standard InChI is InChI=1S/C26H32BrN5O2/c1-17(2)31(25(34)28-20-11-9-19(27)10-12-20)16-24(33)29-23-15-22(26(4,5)6)30-32(23)21-13-7-18(3)8-14-21/h7-15,17H,16H2,1-6H3,(H,28,34)(H,29,33). The van der Waals surface area contributed by atoms with Gasteiger partial charge in [-0.2, -0.15) is 5.10 Å². The molecular formula is C26H32BrN5O2. The molecule has 0 fully saturated rings. The molecule has 0 spiro atoms. The number of benzene rings is 2. The van der Waals surface area contributed by atoms with E-state index in [0.29, 0.717) is 11.5 Å². The van der Waals surface area contributed by atoms with Crippen LogP contribution in [0, 0.1) is 6.92 Å². The lowest BCUT2D eigenvalue weighted by atomic mass is 9.92. The van der Waals surface area contributed by atoms with Gasteiger partial charge in [-0.1, -0.05) is 54.4 Å². The van der Waals surface area contributed by atoms with Crippen molar-refractivity contribution >= 4 is 39.4 Å². The fourth-order valence-electron chi connectivity index (χ4n) is 3.27. The third kappa shape index (κ3) is 6.47. The second kappa shape index (κ2) is 10.4. The molecule has 0 bridgehead atoms. The summed E-state index contributed by atoms with van der Waals surface area (Å²) in [5.74, 6) is 0.268. The summed E-state index contributed by atoms with van der Waals surface area (Å²) < 4.78 is 2.66. The Morgan fingerprint density at radius 3 is 2.21 bits per heavy atom. The lowest BCUT2D eigenvalue weighted by Gasteiger charge is -2.26.